The van der Waals surface area contributed by atoms with E-state index in [-0.39, 0.29) is 11.9 Å². The molecule has 0 radical (unpaired) electrons. The van der Waals surface area contributed by atoms with Gasteiger partial charge >= 0.3 is 0 Å². The van der Waals surface area contributed by atoms with Gasteiger partial charge in [0.2, 0.25) is 0 Å². The van der Waals surface area contributed by atoms with Crippen LogP contribution in [-0.4, -0.2) is 56.3 Å². The zero-order valence-corrected chi connectivity index (χ0v) is 14.7. The van der Waals surface area contributed by atoms with Crippen LogP contribution in [0.4, 0.5) is 14.5 Å². The summed E-state index contributed by atoms with van der Waals surface area (Å²) in [5, 5.41) is 3.24. The first-order valence-electron chi connectivity index (χ1n) is 8.25. The van der Waals surface area contributed by atoms with Crippen molar-refractivity contribution in [1.82, 2.24) is 5.32 Å². The van der Waals surface area contributed by atoms with Gasteiger partial charge in [-0.3, -0.25) is 0 Å². The Balaban J connectivity index is 1.74. The zero-order chi connectivity index (χ0) is 16.4. The summed E-state index contributed by atoms with van der Waals surface area (Å²) in [6, 6.07) is 2.51. The summed E-state index contributed by atoms with van der Waals surface area (Å²) < 4.78 is 34.2. The number of halogens is 2. The number of ether oxygens (including phenoxy) is 1. The summed E-state index contributed by atoms with van der Waals surface area (Å²) in [6.45, 7) is 3.08. The van der Waals surface area contributed by atoms with Gasteiger partial charge in [-0.05, 0) is 36.9 Å². The van der Waals surface area contributed by atoms with Crippen LogP contribution in [0.3, 0.4) is 0 Å². The number of rotatable bonds is 3. The largest absolute Gasteiger partial charge is 0.487 e. The first-order valence-corrected chi connectivity index (χ1v) is 11.0. The highest BCUT2D eigenvalue weighted by molar-refractivity contribution is 8.32. The van der Waals surface area contributed by atoms with E-state index in [1.165, 1.54) is 0 Å². The maximum Gasteiger partial charge on any atom is 0.168 e. The lowest BCUT2D eigenvalue weighted by Crippen LogP contribution is -2.43. The third-order valence-corrected chi connectivity index (χ3v) is 7.42. The fraction of sp³-hybridized carbons (Fsp3) is 0.647. The number of hydrogen-bond acceptors (Lipinski definition) is 3. The Kier molecular flexibility index (Phi) is 5.01. The van der Waals surface area contributed by atoms with Crippen molar-refractivity contribution in [2.24, 2.45) is 0 Å². The Morgan fingerprint density at radius 3 is 2.39 bits per heavy atom. The summed E-state index contributed by atoms with van der Waals surface area (Å²) in [5.74, 6) is 1.40. The Morgan fingerprint density at radius 1 is 1.09 bits per heavy atom. The van der Waals surface area contributed by atoms with E-state index in [9.17, 15) is 8.78 Å². The Labute approximate surface area is 138 Å². The molecule has 0 aromatic heterocycles. The topological polar surface area (TPSA) is 24.5 Å². The number of hydrogen-bond donors (Lipinski definition) is 1. The summed E-state index contributed by atoms with van der Waals surface area (Å²) in [4.78, 5) is 1.95. The molecule has 0 atom stereocenters. The van der Waals surface area contributed by atoms with Crippen molar-refractivity contribution in [2.75, 3.05) is 55.1 Å². The Hall–Kier alpha value is -1.01. The van der Waals surface area contributed by atoms with Crippen LogP contribution in [-0.2, 0) is 0 Å². The molecule has 0 unspecified atom stereocenters. The van der Waals surface area contributed by atoms with Gasteiger partial charge in [0.25, 0.3) is 0 Å². The minimum atomic E-state index is -0.599. The number of nitrogens with one attached hydrogen (secondary N) is 1. The third kappa shape index (κ3) is 4.10. The maximum absolute atomic E-state index is 14.1. The smallest absolute Gasteiger partial charge is 0.168 e. The molecule has 1 aromatic rings. The molecule has 3 rings (SSSR count). The molecule has 3 nitrogen and oxygen atoms in total. The fourth-order valence-electron chi connectivity index (χ4n) is 3.20. The standard InChI is InChI=1S/C17H26F2N2OS/c1-23(2)9-3-13(4-10-23)22-17-12-16(14(18)11-15(17)19)21-7-5-20-6-8-21/h11-13,20H,3-10H2,1-2H3. The molecular formula is C17H26F2N2OS. The molecule has 0 bridgehead atoms. The van der Waals surface area contributed by atoms with E-state index < -0.39 is 21.7 Å². The van der Waals surface area contributed by atoms with Gasteiger partial charge in [0.1, 0.15) is 11.9 Å². The third-order valence-electron chi connectivity index (χ3n) is 4.74. The quantitative estimate of drug-likeness (QED) is 0.912. The second-order valence-corrected chi connectivity index (χ2v) is 11.3. The van der Waals surface area contributed by atoms with E-state index in [1.807, 2.05) is 4.90 Å². The molecule has 0 aliphatic carbocycles. The van der Waals surface area contributed by atoms with Crippen molar-refractivity contribution in [1.29, 1.82) is 0 Å². The second kappa shape index (κ2) is 6.85. The van der Waals surface area contributed by atoms with Crippen molar-refractivity contribution in [3.8, 4) is 5.75 Å². The minimum absolute atomic E-state index is 0.0476. The summed E-state index contributed by atoms with van der Waals surface area (Å²) >= 11 is 0. The number of piperazine rings is 1. The van der Waals surface area contributed by atoms with Crippen LogP contribution < -0.4 is 15.0 Å². The van der Waals surface area contributed by atoms with E-state index in [2.05, 4.69) is 17.8 Å². The van der Waals surface area contributed by atoms with Crippen LogP contribution in [0.25, 0.3) is 0 Å². The van der Waals surface area contributed by atoms with Gasteiger partial charge in [0.05, 0.1) is 5.69 Å². The molecular weight excluding hydrogens is 318 g/mol. The minimum Gasteiger partial charge on any atom is -0.487 e. The first kappa shape index (κ1) is 16.8. The van der Waals surface area contributed by atoms with Crippen LogP contribution in [0.15, 0.2) is 12.1 Å². The molecule has 0 saturated carbocycles. The zero-order valence-electron chi connectivity index (χ0n) is 13.9. The number of nitrogens with zero attached hydrogens (tertiary/aromatic N) is 1. The van der Waals surface area contributed by atoms with E-state index in [0.717, 1.165) is 56.6 Å². The van der Waals surface area contributed by atoms with Crippen LogP contribution >= 0.6 is 10.0 Å². The van der Waals surface area contributed by atoms with Crippen LogP contribution in [0.5, 0.6) is 5.75 Å². The molecule has 2 aliphatic heterocycles. The molecule has 2 saturated heterocycles. The van der Waals surface area contributed by atoms with Crippen molar-refractivity contribution in [3.63, 3.8) is 0 Å². The van der Waals surface area contributed by atoms with Crippen molar-refractivity contribution >= 4 is 15.7 Å². The van der Waals surface area contributed by atoms with Gasteiger partial charge in [-0.15, -0.1) is 0 Å². The van der Waals surface area contributed by atoms with E-state index >= 15 is 0 Å². The molecule has 0 amide bonds. The highest BCUT2D eigenvalue weighted by Gasteiger charge is 2.26. The number of anilines is 1. The highest BCUT2D eigenvalue weighted by atomic mass is 32.3. The van der Waals surface area contributed by atoms with Gasteiger partial charge in [-0.2, -0.15) is 0 Å². The molecule has 0 spiro atoms. The molecule has 2 fully saturated rings. The maximum atomic E-state index is 14.1. The van der Waals surface area contributed by atoms with Crippen LogP contribution in [0.1, 0.15) is 12.8 Å². The van der Waals surface area contributed by atoms with Gasteiger partial charge < -0.3 is 15.0 Å². The molecule has 23 heavy (non-hydrogen) atoms. The monoisotopic (exact) mass is 344 g/mol. The highest BCUT2D eigenvalue weighted by Crippen LogP contribution is 2.45. The lowest BCUT2D eigenvalue weighted by Gasteiger charge is -2.39. The predicted octanol–water partition coefficient (Wildman–Crippen LogP) is 2.98. The van der Waals surface area contributed by atoms with E-state index in [1.54, 1.807) is 6.07 Å². The predicted molar refractivity (Wildman–Crippen MR) is 94.3 cm³/mol. The molecule has 1 N–H and O–H groups in total. The van der Waals surface area contributed by atoms with Crippen molar-refractivity contribution in [3.05, 3.63) is 23.8 Å². The summed E-state index contributed by atoms with van der Waals surface area (Å²) in [5.41, 5.74) is 0.449. The lowest BCUT2D eigenvalue weighted by molar-refractivity contribution is 0.183. The van der Waals surface area contributed by atoms with E-state index in [4.69, 9.17) is 4.74 Å². The summed E-state index contributed by atoms with van der Waals surface area (Å²) in [7, 11) is -0.499. The molecule has 2 aliphatic rings. The first-order chi connectivity index (χ1) is 10.9. The SMILES string of the molecule is CS1(C)CCC(Oc2cc(N3CCNCC3)c(F)cc2F)CC1. The van der Waals surface area contributed by atoms with Gasteiger partial charge in [0, 0.05) is 38.3 Å². The molecule has 2 heterocycles. The Bertz CT molecular complexity index is 552. The average Bonchev–Trinajstić information content (AvgIpc) is 2.52. The van der Waals surface area contributed by atoms with Gasteiger partial charge in [-0.25, -0.2) is 18.8 Å². The lowest BCUT2D eigenvalue weighted by atomic mass is 10.2. The average molecular weight is 344 g/mol. The second-order valence-electron chi connectivity index (χ2n) is 6.96. The normalized spacial score (nSPS) is 23.6. The van der Waals surface area contributed by atoms with Crippen LogP contribution in [0, 0.1) is 11.6 Å². The van der Waals surface area contributed by atoms with E-state index in [0.29, 0.717) is 5.69 Å². The van der Waals surface area contributed by atoms with Gasteiger partial charge in [-0.1, -0.05) is 0 Å². The van der Waals surface area contributed by atoms with Gasteiger partial charge in [0.15, 0.2) is 11.6 Å². The van der Waals surface area contributed by atoms with Crippen molar-refractivity contribution < 1.29 is 13.5 Å². The van der Waals surface area contributed by atoms with Crippen molar-refractivity contribution in [2.45, 2.75) is 18.9 Å². The fourth-order valence-corrected chi connectivity index (χ4v) is 5.21. The molecule has 130 valence electrons. The van der Waals surface area contributed by atoms with Crippen LogP contribution in [0.2, 0.25) is 0 Å². The number of benzene rings is 1. The Morgan fingerprint density at radius 2 is 1.74 bits per heavy atom. The molecule has 6 heteroatoms. The summed E-state index contributed by atoms with van der Waals surface area (Å²) in [6.07, 6.45) is 6.64. The molecule has 1 aromatic carbocycles.